The van der Waals surface area contributed by atoms with Crippen LogP contribution in [0.5, 0.6) is 5.75 Å². The summed E-state index contributed by atoms with van der Waals surface area (Å²) in [7, 11) is 1.72. The second kappa shape index (κ2) is 7.51. The van der Waals surface area contributed by atoms with E-state index in [1.54, 1.807) is 18.4 Å². The summed E-state index contributed by atoms with van der Waals surface area (Å²) >= 11 is 1.77. The summed E-state index contributed by atoms with van der Waals surface area (Å²) in [5, 5.41) is 5.66. The summed E-state index contributed by atoms with van der Waals surface area (Å²) in [6, 6.07) is 2.57. The molecule has 1 unspecified atom stereocenters. The van der Waals surface area contributed by atoms with Crippen molar-refractivity contribution in [2.45, 2.75) is 39.2 Å². The minimum Gasteiger partial charge on any atom is -0.496 e. The van der Waals surface area contributed by atoms with Gasteiger partial charge in [0.05, 0.1) is 7.11 Å². The Hall–Kier alpha value is -0.800. The molecular formula is C14H23NOS. The Bertz CT molecular complexity index is 346. The van der Waals surface area contributed by atoms with Gasteiger partial charge in [-0.05, 0) is 38.8 Å². The van der Waals surface area contributed by atoms with Crippen LogP contribution in [0.2, 0.25) is 0 Å². The number of ether oxygens (including phenoxy) is 1. The van der Waals surface area contributed by atoms with Gasteiger partial charge in [-0.25, -0.2) is 0 Å². The van der Waals surface area contributed by atoms with Gasteiger partial charge in [0, 0.05) is 16.3 Å². The van der Waals surface area contributed by atoms with Crippen LogP contribution in [0.4, 0.5) is 0 Å². The SMILES string of the molecule is C=C(C)CCC(NCCC)c1cc(OC)cs1. The van der Waals surface area contributed by atoms with E-state index in [-0.39, 0.29) is 0 Å². The third kappa shape index (κ3) is 4.92. The molecule has 1 N–H and O–H groups in total. The average molecular weight is 253 g/mol. The molecule has 0 bridgehead atoms. The van der Waals surface area contributed by atoms with Crippen LogP contribution in [0, 0.1) is 0 Å². The van der Waals surface area contributed by atoms with Crippen LogP contribution < -0.4 is 10.1 Å². The highest BCUT2D eigenvalue weighted by Gasteiger charge is 2.13. The molecule has 0 aliphatic rings. The number of allylic oxidation sites excluding steroid dienone is 1. The first kappa shape index (κ1) is 14.3. The van der Waals surface area contributed by atoms with E-state index in [1.807, 2.05) is 0 Å². The Kier molecular flexibility index (Phi) is 6.30. The monoisotopic (exact) mass is 253 g/mol. The van der Waals surface area contributed by atoms with Crippen molar-refractivity contribution in [3.63, 3.8) is 0 Å². The van der Waals surface area contributed by atoms with E-state index in [9.17, 15) is 0 Å². The van der Waals surface area contributed by atoms with E-state index in [4.69, 9.17) is 4.74 Å². The Morgan fingerprint density at radius 3 is 2.88 bits per heavy atom. The van der Waals surface area contributed by atoms with Gasteiger partial charge >= 0.3 is 0 Å². The molecule has 0 spiro atoms. The number of thiophene rings is 1. The normalized spacial score (nSPS) is 12.4. The lowest BCUT2D eigenvalue weighted by atomic mass is 10.1. The predicted molar refractivity (Wildman–Crippen MR) is 76.0 cm³/mol. The summed E-state index contributed by atoms with van der Waals surface area (Å²) < 4.78 is 5.24. The maximum absolute atomic E-state index is 5.24. The zero-order chi connectivity index (χ0) is 12.7. The molecule has 1 heterocycles. The van der Waals surface area contributed by atoms with Crippen LogP contribution >= 0.6 is 11.3 Å². The Labute approximate surface area is 109 Å². The van der Waals surface area contributed by atoms with Gasteiger partial charge in [0.1, 0.15) is 5.75 Å². The van der Waals surface area contributed by atoms with Crippen LogP contribution in [0.1, 0.15) is 44.0 Å². The zero-order valence-electron chi connectivity index (χ0n) is 11.1. The predicted octanol–water partition coefficient (Wildman–Crippen LogP) is 4.15. The van der Waals surface area contributed by atoms with Gasteiger partial charge in [0.2, 0.25) is 0 Å². The zero-order valence-corrected chi connectivity index (χ0v) is 11.9. The van der Waals surface area contributed by atoms with Gasteiger partial charge in [-0.15, -0.1) is 17.9 Å². The summed E-state index contributed by atoms with van der Waals surface area (Å²) in [6.45, 7) is 9.31. The minimum absolute atomic E-state index is 0.431. The van der Waals surface area contributed by atoms with E-state index in [0.29, 0.717) is 6.04 Å². The second-order valence-electron chi connectivity index (χ2n) is 4.39. The molecule has 0 aliphatic carbocycles. The van der Waals surface area contributed by atoms with Crippen LogP contribution in [0.3, 0.4) is 0 Å². The maximum atomic E-state index is 5.24. The molecule has 1 atom stereocenters. The quantitative estimate of drug-likeness (QED) is 0.703. The minimum atomic E-state index is 0.431. The lowest BCUT2D eigenvalue weighted by Gasteiger charge is -2.17. The van der Waals surface area contributed by atoms with Crippen LogP contribution in [-0.4, -0.2) is 13.7 Å². The number of methoxy groups -OCH3 is 1. The molecular weight excluding hydrogens is 230 g/mol. The Morgan fingerprint density at radius 1 is 1.59 bits per heavy atom. The van der Waals surface area contributed by atoms with Gasteiger partial charge < -0.3 is 10.1 Å². The fourth-order valence-electron chi connectivity index (χ4n) is 1.68. The van der Waals surface area contributed by atoms with E-state index < -0.39 is 0 Å². The molecule has 1 rings (SSSR count). The smallest absolute Gasteiger partial charge is 0.129 e. The second-order valence-corrected chi connectivity index (χ2v) is 5.33. The summed E-state index contributed by atoms with van der Waals surface area (Å²) in [5.41, 5.74) is 1.25. The maximum Gasteiger partial charge on any atom is 0.129 e. The van der Waals surface area contributed by atoms with Gasteiger partial charge in [-0.2, -0.15) is 0 Å². The first-order valence-electron chi connectivity index (χ1n) is 6.17. The third-order valence-electron chi connectivity index (χ3n) is 2.68. The van der Waals surface area contributed by atoms with Gasteiger partial charge in [0.15, 0.2) is 0 Å². The fraction of sp³-hybridized carbons (Fsp3) is 0.571. The molecule has 0 saturated heterocycles. The van der Waals surface area contributed by atoms with E-state index in [2.05, 4.69) is 37.2 Å². The van der Waals surface area contributed by atoms with E-state index in [1.165, 1.54) is 10.5 Å². The van der Waals surface area contributed by atoms with Crippen molar-refractivity contribution in [3.8, 4) is 5.75 Å². The van der Waals surface area contributed by atoms with Crippen molar-refractivity contribution in [1.29, 1.82) is 0 Å². The Balaban J connectivity index is 2.63. The van der Waals surface area contributed by atoms with Gasteiger partial charge in [-0.3, -0.25) is 0 Å². The highest BCUT2D eigenvalue weighted by atomic mass is 32.1. The van der Waals surface area contributed by atoms with Crippen molar-refractivity contribution < 1.29 is 4.74 Å². The Morgan fingerprint density at radius 2 is 2.35 bits per heavy atom. The van der Waals surface area contributed by atoms with Crippen molar-refractivity contribution in [2.75, 3.05) is 13.7 Å². The molecule has 2 nitrogen and oxygen atoms in total. The molecule has 17 heavy (non-hydrogen) atoms. The topological polar surface area (TPSA) is 21.3 Å². The first-order valence-corrected chi connectivity index (χ1v) is 7.05. The molecule has 96 valence electrons. The molecule has 3 heteroatoms. The number of hydrogen-bond donors (Lipinski definition) is 1. The molecule has 0 fully saturated rings. The van der Waals surface area contributed by atoms with E-state index >= 15 is 0 Å². The largest absolute Gasteiger partial charge is 0.496 e. The summed E-state index contributed by atoms with van der Waals surface area (Å²) in [4.78, 5) is 1.36. The van der Waals surface area contributed by atoms with Crippen molar-refractivity contribution >= 4 is 11.3 Å². The number of hydrogen-bond acceptors (Lipinski definition) is 3. The standard InChI is InChI=1S/C14H23NOS/c1-5-8-15-13(7-6-11(2)3)14-9-12(16-4)10-17-14/h9-10,13,15H,2,5-8H2,1,3-4H3. The van der Waals surface area contributed by atoms with Crippen LogP contribution in [0.15, 0.2) is 23.6 Å². The molecule has 1 aromatic heterocycles. The molecule has 0 radical (unpaired) electrons. The first-order chi connectivity index (χ1) is 8.17. The van der Waals surface area contributed by atoms with Gasteiger partial charge in [0.25, 0.3) is 0 Å². The lowest BCUT2D eigenvalue weighted by molar-refractivity contribution is 0.415. The van der Waals surface area contributed by atoms with Crippen molar-refractivity contribution in [2.24, 2.45) is 0 Å². The summed E-state index contributed by atoms with van der Waals surface area (Å²) in [5.74, 6) is 0.962. The molecule has 1 aromatic rings. The van der Waals surface area contributed by atoms with Gasteiger partial charge in [-0.1, -0.05) is 12.5 Å². The third-order valence-corrected chi connectivity index (χ3v) is 3.70. The average Bonchev–Trinajstić information content (AvgIpc) is 2.77. The highest BCUT2D eigenvalue weighted by Crippen LogP contribution is 2.30. The van der Waals surface area contributed by atoms with Crippen molar-refractivity contribution in [1.82, 2.24) is 5.32 Å². The number of rotatable bonds is 8. The number of nitrogens with one attached hydrogen (secondary N) is 1. The fourth-order valence-corrected chi connectivity index (χ4v) is 2.64. The van der Waals surface area contributed by atoms with Crippen LogP contribution in [0.25, 0.3) is 0 Å². The van der Waals surface area contributed by atoms with Crippen molar-refractivity contribution in [3.05, 3.63) is 28.5 Å². The lowest BCUT2D eigenvalue weighted by Crippen LogP contribution is -2.21. The molecule has 0 saturated carbocycles. The molecule has 0 aromatic carbocycles. The highest BCUT2D eigenvalue weighted by molar-refractivity contribution is 7.10. The summed E-state index contributed by atoms with van der Waals surface area (Å²) in [6.07, 6.45) is 3.34. The van der Waals surface area contributed by atoms with Crippen LogP contribution in [-0.2, 0) is 0 Å². The molecule has 0 amide bonds. The van der Waals surface area contributed by atoms with E-state index in [0.717, 1.165) is 31.6 Å². The molecule has 0 aliphatic heterocycles.